The first-order chi connectivity index (χ1) is 11.2. The lowest BCUT2D eigenvalue weighted by Crippen LogP contribution is -1.93. The number of nitrogen functional groups attached to an aromatic ring is 1. The van der Waals surface area contributed by atoms with Crippen molar-refractivity contribution >= 4 is 16.9 Å². The molecule has 3 N–H and O–H groups in total. The van der Waals surface area contributed by atoms with Gasteiger partial charge >= 0.3 is 0 Å². The van der Waals surface area contributed by atoms with Gasteiger partial charge in [-0.25, -0.2) is 9.97 Å². The van der Waals surface area contributed by atoms with Crippen LogP contribution in [0.15, 0.2) is 67.7 Å². The van der Waals surface area contributed by atoms with Gasteiger partial charge in [0.05, 0.1) is 11.1 Å². The second-order valence-corrected chi connectivity index (χ2v) is 4.69. The molecule has 23 heavy (non-hydrogen) atoms. The molecular formula is C17H15N5O. The standard InChI is InChI=1S/C17H15N5O/c1-3-5-12(4-2)23-13-8-6-11(7-9-13)15-14-16(18)19-10-20-17(14)22-21-15/h3-10H,1-2H2,(H3,18,19,20,21,22)/b12-5+. The third-order valence-electron chi connectivity index (χ3n) is 3.24. The van der Waals surface area contributed by atoms with Gasteiger partial charge in [0.2, 0.25) is 0 Å². The Hall–Kier alpha value is -3.41. The number of nitrogens with zero attached hydrogens (tertiary/aromatic N) is 3. The van der Waals surface area contributed by atoms with E-state index in [0.717, 1.165) is 11.3 Å². The molecule has 114 valence electrons. The topological polar surface area (TPSA) is 89.7 Å². The van der Waals surface area contributed by atoms with Gasteiger partial charge in [-0.3, -0.25) is 5.10 Å². The molecule has 0 aliphatic rings. The minimum Gasteiger partial charge on any atom is -0.457 e. The van der Waals surface area contributed by atoms with Gasteiger partial charge in [0, 0.05) is 5.56 Å². The van der Waals surface area contributed by atoms with Gasteiger partial charge in [-0.1, -0.05) is 19.2 Å². The summed E-state index contributed by atoms with van der Waals surface area (Å²) in [6, 6.07) is 7.51. The number of hydrogen-bond donors (Lipinski definition) is 2. The van der Waals surface area contributed by atoms with E-state index in [-0.39, 0.29) is 0 Å². The van der Waals surface area contributed by atoms with Crippen LogP contribution in [0.3, 0.4) is 0 Å². The van der Waals surface area contributed by atoms with Crippen LogP contribution in [0.25, 0.3) is 22.3 Å². The Kier molecular flexibility index (Phi) is 3.88. The molecule has 1 aromatic carbocycles. The summed E-state index contributed by atoms with van der Waals surface area (Å²) in [5.74, 6) is 1.70. The summed E-state index contributed by atoms with van der Waals surface area (Å²) in [4.78, 5) is 8.10. The van der Waals surface area contributed by atoms with Gasteiger partial charge in [0.25, 0.3) is 0 Å². The number of hydrogen-bond acceptors (Lipinski definition) is 5. The molecule has 0 amide bonds. The van der Waals surface area contributed by atoms with Crippen LogP contribution in [0.2, 0.25) is 0 Å². The summed E-state index contributed by atoms with van der Waals surface area (Å²) in [6.45, 7) is 7.33. The number of rotatable bonds is 5. The van der Waals surface area contributed by atoms with Crippen LogP contribution in [0.4, 0.5) is 5.82 Å². The fourth-order valence-electron chi connectivity index (χ4n) is 2.17. The van der Waals surface area contributed by atoms with E-state index in [1.807, 2.05) is 24.3 Å². The van der Waals surface area contributed by atoms with E-state index in [1.54, 1.807) is 18.2 Å². The fourth-order valence-corrected chi connectivity index (χ4v) is 2.17. The van der Waals surface area contributed by atoms with E-state index in [1.165, 1.54) is 6.33 Å². The molecule has 0 saturated carbocycles. The molecule has 3 aromatic rings. The molecule has 0 bridgehead atoms. The zero-order chi connectivity index (χ0) is 16.2. The molecule has 2 heterocycles. The Bertz CT molecular complexity index is 893. The summed E-state index contributed by atoms with van der Waals surface area (Å²) < 4.78 is 5.68. The van der Waals surface area contributed by atoms with Crippen molar-refractivity contribution in [3.05, 3.63) is 67.7 Å². The first-order valence-electron chi connectivity index (χ1n) is 6.91. The predicted molar refractivity (Wildman–Crippen MR) is 90.6 cm³/mol. The number of anilines is 1. The van der Waals surface area contributed by atoms with Crippen LogP contribution in [0.5, 0.6) is 5.75 Å². The molecule has 6 heteroatoms. The van der Waals surface area contributed by atoms with Gasteiger partial charge < -0.3 is 10.5 Å². The SMILES string of the molecule is C=C/C=C(\C=C)Oc1ccc(-c2[nH]nc3ncnc(N)c23)cc1. The van der Waals surface area contributed by atoms with Crippen molar-refractivity contribution in [2.45, 2.75) is 0 Å². The molecule has 0 unspecified atom stereocenters. The first-order valence-corrected chi connectivity index (χ1v) is 6.91. The molecule has 0 aliphatic carbocycles. The Labute approximate surface area is 133 Å². The third-order valence-corrected chi connectivity index (χ3v) is 3.24. The predicted octanol–water partition coefficient (Wildman–Crippen LogP) is 3.24. The average molecular weight is 305 g/mol. The molecule has 0 atom stereocenters. The number of aromatic amines is 1. The van der Waals surface area contributed by atoms with Crippen molar-refractivity contribution in [2.24, 2.45) is 0 Å². The highest BCUT2D eigenvalue weighted by atomic mass is 16.5. The summed E-state index contributed by atoms with van der Waals surface area (Å²) in [7, 11) is 0. The zero-order valence-corrected chi connectivity index (χ0v) is 12.4. The van der Waals surface area contributed by atoms with Crippen molar-refractivity contribution in [3.63, 3.8) is 0 Å². The maximum Gasteiger partial charge on any atom is 0.186 e. The number of ether oxygens (including phenoxy) is 1. The number of benzene rings is 1. The number of allylic oxidation sites excluding steroid dienone is 3. The van der Waals surface area contributed by atoms with Crippen molar-refractivity contribution in [2.75, 3.05) is 5.73 Å². The van der Waals surface area contributed by atoms with Gasteiger partial charge in [0.15, 0.2) is 5.65 Å². The molecule has 3 rings (SSSR count). The van der Waals surface area contributed by atoms with E-state index in [4.69, 9.17) is 10.5 Å². The Morgan fingerprint density at radius 3 is 2.65 bits per heavy atom. The maximum atomic E-state index is 5.92. The minimum atomic E-state index is 0.391. The van der Waals surface area contributed by atoms with Gasteiger partial charge in [-0.2, -0.15) is 5.10 Å². The number of H-pyrrole nitrogens is 1. The Morgan fingerprint density at radius 1 is 1.17 bits per heavy atom. The van der Waals surface area contributed by atoms with E-state index in [0.29, 0.717) is 28.4 Å². The van der Waals surface area contributed by atoms with Gasteiger partial charge in [-0.15, -0.1) is 0 Å². The average Bonchev–Trinajstić information content (AvgIpc) is 3.00. The minimum absolute atomic E-state index is 0.391. The number of aromatic nitrogens is 4. The van der Waals surface area contributed by atoms with Crippen LogP contribution in [-0.4, -0.2) is 20.2 Å². The lowest BCUT2D eigenvalue weighted by atomic mass is 10.1. The number of fused-ring (bicyclic) bond motifs is 1. The van der Waals surface area contributed by atoms with E-state index < -0.39 is 0 Å². The van der Waals surface area contributed by atoms with Crippen molar-refractivity contribution in [3.8, 4) is 17.0 Å². The largest absolute Gasteiger partial charge is 0.457 e. The monoisotopic (exact) mass is 305 g/mol. The van der Waals surface area contributed by atoms with Crippen LogP contribution < -0.4 is 10.5 Å². The smallest absolute Gasteiger partial charge is 0.186 e. The molecule has 0 saturated heterocycles. The molecule has 6 nitrogen and oxygen atoms in total. The highest BCUT2D eigenvalue weighted by Crippen LogP contribution is 2.29. The lowest BCUT2D eigenvalue weighted by molar-refractivity contribution is 0.445. The molecular weight excluding hydrogens is 290 g/mol. The Balaban J connectivity index is 1.94. The first kappa shape index (κ1) is 14.5. The van der Waals surface area contributed by atoms with Gasteiger partial charge in [-0.05, 0) is 36.4 Å². The molecule has 0 aliphatic heterocycles. The van der Waals surface area contributed by atoms with Crippen LogP contribution in [-0.2, 0) is 0 Å². The highest BCUT2D eigenvalue weighted by Gasteiger charge is 2.12. The van der Waals surface area contributed by atoms with E-state index in [9.17, 15) is 0 Å². The lowest BCUT2D eigenvalue weighted by Gasteiger charge is -2.07. The van der Waals surface area contributed by atoms with Crippen LogP contribution >= 0.6 is 0 Å². The number of nitrogens with one attached hydrogen (secondary N) is 1. The van der Waals surface area contributed by atoms with Crippen molar-refractivity contribution in [1.29, 1.82) is 0 Å². The van der Waals surface area contributed by atoms with E-state index >= 15 is 0 Å². The van der Waals surface area contributed by atoms with Crippen molar-refractivity contribution < 1.29 is 4.74 Å². The quantitative estimate of drug-likeness (QED) is 0.558. The summed E-state index contributed by atoms with van der Waals surface area (Å²) in [5, 5.41) is 7.80. The van der Waals surface area contributed by atoms with Crippen LogP contribution in [0, 0.1) is 0 Å². The number of nitrogens with two attached hydrogens (primary N) is 1. The fraction of sp³-hybridized carbons (Fsp3) is 0. The summed E-state index contributed by atoms with van der Waals surface area (Å²) in [5.41, 5.74) is 8.14. The summed E-state index contributed by atoms with van der Waals surface area (Å²) in [6.07, 6.45) is 6.39. The third kappa shape index (κ3) is 2.82. The second-order valence-electron chi connectivity index (χ2n) is 4.69. The van der Waals surface area contributed by atoms with Crippen molar-refractivity contribution in [1.82, 2.24) is 20.2 Å². The highest BCUT2D eigenvalue weighted by molar-refractivity contribution is 5.97. The summed E-state index contributed by atoms with van der Waals surface area (Å²) >= 11 is 0. The van der Waals surface area contributed by atoms with Gasteiger partial charge in [0.1, 0.15) is 23.7 Å². The molecule has 0 radical (unpaired) electrons. The Morgan fingerprint density at radius 2 is 1.96 bits per heavy atom. The zero-order valence-electron chi connectivity index (χ0n) is 12.4. The van der Waals surface area contributed by atoms with Crippen LogP contribution in [0.1, 0.15) is 0 Å². The van der Waals surface area contributed by atoms with E-state index in [2.05, 4.69) is 33.3 Å². The second kappa shape index (κ2) is 6.15. The molecule has 0 fully saturated rings. The normalized spacial score (nSPS) is 11.4. The molecule has 0 spiro atoms. The molecule has 2 aromatic heterocycles. The maximum absolute atomic E-state index is 5.92.